The maximum absolute atomic E-state index is 11.3. The summed E-state index contributed by atoms with van der Waals surface area (Å²) in [5.74, 6) is -0.172. The lowest BCUT2D eigenvalue weighted by atomic mass is 9.96. The van der Waals surface area contributed by atoms with Crippen molar-refractivity contribution in [1.82, 2.24) is 0 Å². The van der Waals surface area contributed by atoms with Crippen molar-refractivity contribution in [2.75, 3.05) is 0 Å². The van der Waals surface area contributed by atoms with Gasteiger partial charge in [0.25, 0.3) is 0 Å². The first-order valence-electron chi connectivity index (χ1n) is 9.11. The van der Waals surface area contributed by atoms with Gasteiger partial charge in [0.2, 0.25) is 11.8 Å². The van der Waals surface area contributed by atoms with Gasteiger partial charge in [-0.2, -0.15) is 0 Å². The van der Waals surface area contributed by atoms with E-state index in [4.69, 9.17) is 11.5 Å². The van der Waals surface area contributed by atoms with Crippen LogP contribution < -0.4 is 11.5 Å². The number of amides is 2. The quantitative estimate of drug-likeness (QED) is 0.511. The zero-order valence-electron chi connectivity index (χ0n) is 13.9. The highest BCUT2D eigenvalue weighted by molar-refractivity contribution is 5.83. The molecule has 4 heteroatoms. The van der Waals surface area contributed by atoms with Crippen LogP contribution in [0.3, 0.4) is 0 Å². The molecule has 0 aromatic heterocycles. The van der Waals surface area contributed by atoms with E-state index in [1.54, 1.807) is 0 Å². The Hall–Kier alpha value is -1.06. The van der Waals surface area contributed by atoms with E-state index in [9.17, 15) is 9.59 Å². The Balaban J connectivity index is 1.36. The third kappa shape index (κ3) is 4.72. The molecular weight excluding hydrogens is 276 g/mol. The lowest BCUT2D eigenvalue weighted by Crippen LogP contribution is -2.24. The van der Waals surface area contributed by atoms with Crippen LogP contribution >= 0.6 is 0 Å². The molecular formula is C18H32N2O2. The van der Waals surface area contributed by atoms with Crippen LogP contribution in [-0.4, -0.2) is 11.8 Å². The second kappa shape index (κ2) is 7.47. The van der Waals surface area contributed by atoms with Gasteiger partial charge >= 0.3 is 0 Å². The lowest BCUT2D eigenvalue weighted by molar-refractivity contribution is -0.124. The van der Waals surface area contributed by atoms with Crippen molar-refractivity contribution in [1.29, 1.82) is 0 Å². The lowest BCUT2D eigenvalue weighted by Gasteiger charge is -2.10. The van der Waals surface area contributed by atoms with Crippen LogP contribution in [0.1, 0.15) is 89.9 Å². The van der Waals surface area contributed by atoms with E-state index >= 15 is 0 Å². The average Bonchev–Trinajstić information content (AvgIpc) is 3.35. The number of hydrogen-bond acceptors (Lipinski definition) is 2. The number of unbranched alkanes of at least 4 members (excludes halogenated alkanes) is 7. The minimum absolute atomic E-state index is 0.0862. The van der Waals surface area contributed by atoms with Gasteiger partial charge in [-0.1, -0.05) is 51.4 Å². The summed E-state index contributed by atoms with van der Waals surface area (Å²) in [6, 6.07) is 0. The minimum atomic E-state index is -0.112. The third-order valence-corrected chi connectivity index (χ3v) is 5.81. The molecule has 2 saturated carbocycles. The zero-order chi connectivity index (χ0) is 16.1. The van der Waals surface area contributed by atoms with Crippen LogP contribution in [0.25, 0.3) is 0 Å². The second-order valence-electron chi connectivity index (χ2n) is 7.62. The van der Waals surface area contributed by atoms with Gasteiger partial charge in [-0.3, -0.25) is 9.59 Å². The topological polar surface area (TPSA) is 86.2 Å². The molecule has 0 atom stereocenters. The molecule has 2 aliphatic rings. The predicted octanol–water partition coefficient (Wildman–Crippen LogP) is 3.42. The molecule has 4 N–H and O–H groups in total. The van der Waals surface area contributed by atoms with E-state index in [1.165, 1.54) is 38.5 Å². The zero-order valence-corrected chi connectivity index (χ0v) is 13.9. The number of rotatable bonds is 13. The van der Waals surface area contributed by atoms with Gasteiger partial charge < -0.3 is 11.5 Å². The van der Waals surface area contributed by atoms with Gasteiger partial charge in [-0.05, 0) is 38.5 Å². The number of nitrogens with two attached hydrogens (primary N) is 2. The molecule has 126 valence electrons. The molecule has 0 radical (unpaired) electrons. The highest BCUT2D eigenvalue weighted by Crippen LogP contribution is 2.50. The van der Waals surface area contributed by atoms with Gasteiger partial charge in [0, 0.05) is 10.8 Å². The van der Waals surface area contributed by atoms with Crippen LogP contribution in [0.2, 0.25) is 0 Å². The molecule has 2 rings (SSSR count). The molecule has 22 heavy (non-hydrogen) atoms. The molecule has 2 aliphatic carbocycles. The number of carbonyl (C=O) groups excluding carboxylic acids is 2. The van der Waals surface area contributed by atoms with E-state index in [1.807, 2.05) is 0 Å². The van der Waals surface area contributed by atoms with Crippen molar-refractivity contribution in [2.24, 2.45) is 22.3 Å². The Kier molecular flexibility index (Phi) is 5.87. The molecule has 0 unspecified atom stereocenters. The maximum Gasteiger partial charge on any atom is 0.223 e. The summed E-state index contributed by atoms with van der Waals surface area (Å²) in [6.45, 7) is 0. The summed E-state index contributed by atoms with van der Waals surface area (Å²) in [5, 5.41) is 0. The van der Waals surface area contributed by atoms with E-state index in [2.05, 4.69) is 0 Å². The Labute approximate surface area is 134 Å². The molecule has 2 fully saturated rings. The fourth-order valence-corrected chi connectivity index (χ4v) is 3.53. The number of carbonyl (C=O) groups is 2. The molecule has 0 aromatic rings. The smallest absolute Gasteiger partial charge is 0.223 e. The molecule has 0 heterocycles. The first kappa shape index (κ1) is 17.3. The number of primary amides is 2. The van der Waals surface area contributed by atoms with Crippen LogP contribution in [0.15, 0.2) is 0 Å². The van der Waals surface area contributed by atoms with Gasteiger partial charge in [0.1, 0.15) is 0 Å². The van der Waals surface area contributed by atoms with E-state index < -0.39 is 0 Å². The Morgan fingerprint density at radius 3 is 1.09 bits per heavy atom. The summed E-state index contributed by atoms with van der Waals surface area (Å²) in [7, 11) is 0. The molecule has 0 aromatic carbocycles. The van der Waals surface area contributed by atoms with Crippen molar-refractivity contribution >= 4 is 11.8 Å². The summed E-state index contributed by atoms with van der Waals surface area (Å²) in [5.41, 5.74) is 10.6. The van der Waals surface area contributed by atoms with Crippen molar-refractivity contribution in [3.8, 4) is 0 Å². The minimum Gasteiger partial charge on any atom is -0.369 e. The van der Waals surface area contributed by atoms with Crippen LogP contribution in [0, 0.1) is 10.8 Å². The number of hydrogen-bond donors (Lipinski definition) is 2. The van der Waals surface area contributed by atoms with E-state index in [0.717, 1.165) is 51.4 Å². The Bertz CT molecular complexity index is 360. The molecule has 2 amide bonds. The SMILES string of the molecule is NC(=O)C1(CCCCCCCCCCC2(C(N)=O)CC2)CC1. The molecule has 0 aliphatic heterocycles. The Morgan fingerprint density at radius 1 is 0.591 bits per heavy atom. The molecule has 0 bridgehead atoms. The highest BCUT2D eigenvalue weighted by atomic mass is 16.2. The van der Waals surface area contributed by atoms with Crippen LogP contribution in [-0.2, 0) is 9.59 Å². The summed E-state index contributed by atoms with van der Waals surface area (Å²) >= 11 is 0. The highest BCUT2D eigenvalue weighted by Gasteiger charge is 2.48. The fourth-order valence-electron chi connectivity index (χ4n) is 3.53. The fraction of sp³-hybridized carbons (Fsp3) is 0.889. The van der Waals surface area contributed by atoms with Crippen molar-refractivity contribution in [3.63, 3.8) is 0 Å². The second-order valence-corrected chi connectivity index (χ2v) is 7.62. The summed E-state index contributed by atoms with van der Waals surface area (Å²) in [4.78, 5) is 22.5. The van der Waals surface area contributed by atoms with Gasteiger partial charge in [-0.25, -0.2) is 0 Å². The summed E-state index contributed by atoms with van der Waals surface area (Å²) < 4.78 is 0. The van der Waals surface area contributed by atoms with Gasteiger partial charge in [0.15, 0.2) is 0 Å². The average molecular weight is 308 g/mol. The van der Waals surface area contributed by atoms with Crippen molar-refractivity contribution in [2.45, 2.75) is 89.9 Å². The van der Waals surface area contributed by atoms with E-state index in [0.29, 0.717) is 0 Å². The largest absolute Gasteiger partial charge is 0.369 e. The van der Waals surface area contributed by atoms with Crippen LogP contribution in [0.4, 0.5) is 0 Å². The van der Waals surface area contributed by atoms with Crippen molar-refractivity contribution in [3.05, 3.63) is 0 Å². The van der Waals surface area contributed by atoms with E-state index in [-0.39, 0.29) is 22.6 Å². The normalized spacial score (nSPS) is 20.5. The van der Waals surface area contributed by atoms with Crippen LogP contribution in [0.5, 0.6) is 0 Å². The van der Waals surface area contributed by atoms with Gasteiger partial charge in [-0.15, -0.1) is 0 Å². The standard InChI is InChI=1S/C18H32N2O2/c19-15(21)17(11-12-17)9-7-5-3-1-2-4-6-8-10-18(13-14-18)16(20)22/h1-14H2,(H2,19,21)(H2,20,22). The molecule has 4 nitrogen and oxygen atoms in total. The molecule has 0 saturated heterocycles. The predicted molar refractivity (Wildman–Crippen MR) is 87.9 cm³/mol. The van der Waals surface area contributed by atoms with Crippen molar-refractivity contribution < 1.29 is 9.59 Å². The maximum atomic E-state index is 11.3. The molecule has 0 spiro atoms. The summed E-state index contributed by atoms with van der Waals surface area (Å²) in [6.07, 6.45) is 15.9. The third-order valence-electron chi connectivity index (χ3n) is 5.81. The Morgan fingerprint density at radius 2 is 0.864 bits per heavy atom. The monoisotopic (exact) mass is 308 g/mol. The first-order valence-corrected chi connectivity index (χ1v) is 9.11. The first-order chi connectivity index (χ1) is 10.5. The van der Waals surface area contributed by atoms with Gasteiger partial charge in [0.05, 0.1) is 0 Å².